The van der Waals surface area contributed by atoms with E-state index in [-0.39, 0.29) is 6.54 Å². The molecule has 0 fully saturated rings. The van der Waals surface area contributed by atoms with Gasteiger partial charge in [0.1, 0.15) is 0 Å². The molecule has 0 saturated heterocycles. The SMILES string of the molecule is CCOCCN(OCCCCCCCCCCC(C)C)C(=O)O. The minimum atomic E-state index is -1.05. The number of ether oxygens (including phenoxy) is 1. The van der Waals surface area contributed by atoms with Crippen LogP contribution in [0.15, 0.2) is 0 Å². The molecule has 5 heteroatoms. The maximum Gasteiger partial charge on any atom is 0.431 e. The first-order valence-corrected chi connectivity index (χ1v) is 9.29. The molecule has 0 atom stereocenters. The highest BCUT2D eigenvalue weighted by atomic mass is 16.7. The first kappa shape index (κ1) is 22.2. The van der Waals surface area contributed by atoms with Crippen LogP contribution in [-0.4, -0.2) is 42.6 Å². The van der Waals surface area contributed by atoms with Gasteiger partial charge < -0.3 is 9.84 Å². The normalized spacial score (nSPS) is 11.1. The smallest absolute Gasteiger partial charge is 0.431 e. The summed E-state index contributed by atoms with van der Waals surface area (Å²) in [6.07, 6.45) is 10.2. The summed E-state index contributed by atoms with van der Waals surface area (Å²) < 4.78 is 5.14. The zero-order chi connectivity index (χ0) is 17.3. The van der Waals surface area contributed by atoms with E-state index >= 15 is 0 Å². The summed E-state index contributed by atoms with van der Waals surface area (Å²) in [7, 11) is 0. The minimum Gasteiger partial charge on any atom is -0.463 e. The Hall–Kier alpha value is -0.810. The van der Waals surface area contributed by atoms with Gasteiger partial charge in [0.05, 0.1) is 19.8 Å². The van der Waals surface area contributed by atoms with Gasteiger partial charge in [-0.1, -0.05) is 65.2 Å². The molecule has 0 aliphatic heterocycles. The van der Waals surface area contributed by atoms with Crippen molar-refractivity contribution < 1.29 is 19.5 Å². The average molecular weight is 331 g/mol. The predicted octanol–water partition coefficient (Wildman–Crippen LogP) is 5.10. The highest BCUT2D eigenvalue weighted by Crippen LogP contribution is 2.12. The third-order valence-corrected chi connectivity index (χ3v) is 3.78. The van der Waals surface area contributed by atoms with Gasteiger partial charge >= 0.3 is 6.09 Å². The topological polar surface area (TPSA) is 59.0 Å². The Morgan fingerprint density at radius 2 is 1.52 bits per heavy atom. The molecule has 0 aliphatic rings. The van der Waals surface area contributed by atoms with Crippen LogP contribution >= 0.6 is 0 Å². The van der Waals surface area contributed by atoms with E-state index in [1.54, 1.807) is 0 Å². The number of unbranched alkanes of at least 4 members (excludes halogenated alkanes) is 7. The van der Waals surface area contributed by atoms with E-state index in [1.807, 2.05) is 6.92 Å². The van der Waals surface area contributed by atoms with Crippen molar-refractivity contribution in [2.24, 2.45) is 5.92 Å². The number of carbonyl (C=O) groups is 1. The summed E-state index contributed by atoms with van der Waals surface area (Å²) in [5, 5.41) is 9.97. The third-order valence-electron chi connectivity index (χ3n) is 3.78. The lowest BCUT2D eigenvalue weighted by Gasteiger charge is -2.18. The van der Waals surface area contributed by atoms with Gasteiger partial charge in [0, 0.05) is 6.61 Å². The fourth-order valence-corrected chi connectivity index (χ4v) is 2.40. The van der Waals surface area contributed by atoms with Crippen LogP contribution in [0.2, 0.25) is 0 Å². The molecule has 0 aromatic heterocycles. The van der Waals surface area contributed by atoms with E-state index in [9.17, 15) is 4.79 Å². The van der Waals surface area contributed by atoms with Gasteiger partial charge in [-0.15, -0.1) is 0 Å². The van der Waals surface area contributed by atoms with Gasteiger partial charge in [-0.2, -0.15) is 5.06 Å². The predicted molar refractivity (Wildman–Crippen MR) is 93.6 cm³/mol. The quantitative estimate of drug-likeness (QED) is 0.316. The summed E-state index contributed by atoms with van der Waals surface area (Å²) >= 11 is 0. The molecule has 0 bridgehead atoms. The van der Waals surface area contributed by atoms with Crippen molar-refractivity contribution in [1.82, 2.24) is 5.06 Å². The van der Waals surface area contributed by atoms with Crippen LogP contribution in [-0.2, 0) is 9.57 Å². The second kappa shape index (κ2) is 16.1. The number of hydrogen-bond donors (Lipinski definition) is 1. The molecule has 0 unspecified atom stereocenters. The van der Waals surface area contributed by atoms with E-state index in [4.69, 9.17) is 14.7 Å². The lowest BCUT2D eigenvalue weighted by molar-refractivity contribution is -0.139. The van der Waals surface area contributed by atoms with Crippen LogP contribution in [0.3, 0.4) is 0 Å². The summed E-state index contributed by atoms with van der Waals surface area (Å²) in [6, 6.07) is 0. The number of hydroxylamine groups is 2. The zero-order valence-electron chi connectivity index (χ0n) is 15.4. The monoisotopic (exact) mass is 331 g/mol. The molecule has 0 heterocycles. The van der Waals surface area contributed by atoms with E-state index in [0.29, 0.717) is 19.8 Å². The number of amides is 1. The molecule has 0 spiro atoms. The zero-order valence-corrected chi connectivity index (χ0v) is 15.4. The molecule has 0 aliphatic carbocycles. The summed E-state index contributed by atoms with van der Waals surface area (Å²) in [5.41, 5.74) is 0. The average Bonchev–Trinajstić information content (AvgIpc) is 2.50. The Balaban J connectivity index is 3.37. The van der Waals surface area contributed by atoms with Crippen molar-refractivity contribution >= 4 is 6.09 Å². The molecule has 1 amide bonds. The van der Waals surface area contributed by atoms with Gasteiger partial charge in [0.15, 0.2) is 0 Å². The summed E-state index contributed by atoms with van der Waals surface area (Å²) in [4.78, 5) is 16.3. The lowest BCUT2D eigenvalue weighted by atomic mass is 10.0. The molecular formula is C18H37NO4. The van der Waals surface area contributed by atoms with Gasteiger partial charge in [0.25, 0.3) is 0 Å². The second-order valence-electron chi connectivity index (χ2n) is 6.43. The molecule has 138 valence electrons. The van der Waals surface area contributed by atoms with E-state index < -0.39 is 6.09 Å². The molecular weight excluding hydrogens is 294 g/mol. The Labute approximate surface area is 142 Å². The van der Waals surface area contributed by atoms with Crippen molar-refractivity contribution in [3.8, 4) is 0 Å². The van der Waals surface area contributed by atoms with Gasteiger partial charge in [-0.25, -0.2) is 4.79 Å². The number of nitrogens with zero attached hydrogens (tertiary/aromatic N) is 1. The number of hydrogen-bond acceptors (Lipinski definition) is 3. The maximum atomic E-state index is 11.0. The van der Waals surface area contributed by atoms with Crippen LogP contribution in [0.25, 0.3) is 0 Å². The molecule has 0 rings (SSSR count). The molecule has 0 aromatic rings. The van der Waals surface area contributed by atoms with Gasteiger partial charge in [0.2, 0.25) is 0 Å². The van der Waals surface area contributed by atoms with Crippen molar-refractivity contribution in [3.05, 3.63) is 0 Å². The molecule has 0 radical (unpaired) electrons. The van der Waals surface area contributed by atoms with Crippen LogP contribution in [0.5, 0.6) is 0 Å². The molecule has 0 aromatic carbocycles. The van der Waals surface area contributed by atoms with Crippen LogP contribution < -0.4 is 0 Å². The van der Waals surface area contributed by atoms with E-state index in [2.05, 4.69) is 13.8 Å². The lowest BCUT2D eigenvalue weighted by Crippen LogP contribution is -2.33. The fourth-order valence-electron chi connectivity index (χ4n) is 2.40. The third kappa shape index (κ3) is 15.8. The minimum absolute atomic E-state index is 0.263. The van der Waals surface area contributed by atoms with Crippen molar-refractivity contribution in [3.63, 3.8) is 0 Å². The molecule has 23 heavy (non-hydrogen) atoms. The van der Waals surface area contributed by atoms with Gasteiger partial charge in [-0.05, 0) is 19.3 Å². The Bertz CT molecular complexity index is 272. The van der Waals surface area contributed by atoms with Crippen LogP contribution in [0.1, 0.15) is 78.6 Å². The highest BCUT2D eigenvalue weighted by molar-refractivity contribution is 5.63. The number of rotatable bonds is 16. The van der Waals surface area contributed by atoms with Crippen molar-refractivity contribution in [1.29, 1.82) is 0 Å². The summed E-state index contributed by atoms with van der Waals surface area (Å²) in [5.74, 6) is 0.828. The van der Waals surface area contributed by atoms with Crippen LogP contribution in [0.4, 0.5) is 4.79 Å². The van der Waals surface area contributed by atoms with Crippen molar-refractivity contribution in [2.45, 2.75) is 78.6 Å². The molecule has 1 N–H and O–H groups in total. The summed E-state index contributed by atoms with van der Waals surface area (Å²) in [6.45, 7) is 8.14. The fraction of sp³-hybridized carbons (Fsp3) is 0.944. The Morgan fingerprint density at radius 1 is 0.957 bits per heavy atom. The number of carboxylic acid groups (broad SMARTS) is 1. The Kier molecular flexibility index (Phi) is 15.5. The van der Waals surface area contributed by atoms with E-state index in [0.717, 1.165) is 23.8 Å². The van der Waals surface area contributed by atoms with Gasteiger partial charge in [-0.3, -0.25) is 4.84 Å². The highest BCUT2D eigenvalue weighted by Gasteiger charge is 2.11. The molecule has 0 saturated carbocycles. The first-order valence-electron chi connectivity index (χ1n) is 9.29. The van der Waals surface area contributed by atoms with Crippen molar-refractivity contribution in [2.75, 3.05) is 26.4 Å². The van der Waals surface area contributed by atoms with Crippen LogP contribution in [0, 0.1) is 5.92 Å². The maximum absolute atomic E-state index is 11.0. The van der Waals surface area contributed by atoms with E-state index in [1.165, 1.54) is 44.9 Å². The molecule has 5 nitrogen and oxygen atoms in total. The standard InChI is InChI=1S/C18H37NO4/c1-4-22-16-14-19(18(20)21)23-15-12-10-8-6-5-7-9-11-13-17(2)3/h17H,4-16H2,1-3H3,(H,20,21). The second-order valence-corrected chi connectivity index (χ2v) is 6.43. The largest absolute Gasteiger partial charge is 0.463 e. The first-order chi connectivity index (χ1) is 11.1. The Morgan fingerprint density at radius 3 is 2.04 bits per heavy atom.